The lowest BCUT2D eigenvalue weighted by atomic mass is 9.97. The molecule has 124 valence electrons. The molecule has 1 aromatic heterocycles. The van der Waals surface area contributed by atoms with Crippen LogP contribution in [-0.4, -0.2) is 46.8 Å². The highest BCUT2D eigenvalue weighted by molar-refractivity contribution is 5.68. The summed E-state index contributed by atoms with van der Waals surface area (Å²) in [4.78, 5) is 22.0. The molecule has 2 heterocycles. The molecule has 1 aliphatic rings. The summed E-state index contributed by atoms with van der Waals surface area (Å²) in [5.74, 6) is 6.98. The average molecular weight is 317 g/mol. The van der Waals surface area contributed by atoms with Crippen molar-refractivity contribution in [2.75, 3.05) is 20.2 Å². The van der Waals surface area contributed by atoms with Crippen molar-refractivity contribution < 1.29 is 14.3 Å². The second-order valence-electron chi connectivity index (χ2n) is 6.46. The fourth-order valence-corrected chi connectivity index (χ4v) is 2.20. The Bertz CT molecular complexity index is 588. The Hall–Kier alpha value is -2.29. The summed E-state index contributed by atoms with van der Waals surface area (Å²) < 4.78 is 10.3. The first-order valence-electron chi connectivity index (χ1n) is 7.73. The van der Waals surface area contributed by atoms with E-state index in [9.17, 15) is 4.79 Å². The zero-order valence-electron chi connectivity index (χ0n) is 14.1. The van der Waals surface area contributed by atoms with Crippen LogP contribution >= 0.6 is 0 Å². The van der Waals surface area contributed by atoms with Crippen molar-refractivity contribution in [3.05, 3.63) is 18.1 Å². The quantitative estimate of drug-likeness (QED) is 0.745. The van der Waals surface area contributed by atoms with Crippen molar-refractivity contribution in [1.82, 2.24) is 14.9 Å². The minimum absolute atomic E-state index is 0.245. The van der Waals surface area contributed by atoms with Gasteiger partial charge in [-0.2, -0.15) is 0 Å². The predicted octanol–water partition coefficient (Wildman–Crippen LogP) is 2.48. The molecule has 1 aliphatic heterocycles. The maximum atomic E-state index is 12.0. The molecular weight excluding hydrogens is 294 g/mol. The third kappa shape index (κ3) is 5.44. The monoisotopic (exact) mass is 317 g/mol. The highest BCUT2D eigenvalue weighted by Crippen LogP contribution is 2.19. The number of carbonyl (C=O) groups is 1. The van der Waals surface area contributed by atoms with Crippen LogP contribution in [0.5, 0.6) is 5.88 Å². The number of nitrogens with zero attached hydrogens (tertiary/aromatic N) is 3. The number of carbonyl (C=O) groups excluding carboxylic acids is 1. The van der Waals surface area contributed by atoms with E-state index in [1.54, 1.807) is 24.4 Å². The maximum Gasteiger partial charge on any atom is 0.410 e. The minimum atomic E-state index is -0.458. The number of aromatic nitrogens is 2. The van der Waals surface area contributed by atoms with Crippen molar-refractivity contribution in [2.24, 2.45) is 5.92 Å². The van der Waals surface area contributed by atoms with E-state index >= 15 is 0 Å². The molecule has 0 aliphatic carbocycles. The average Bonchev–Trinajstić information content (AvgIpc) is 2.52. The first-order chi connectivity index (χ1) is 10.9. The standard InChI is InChI=1S/C17H23N3O3/c1-17(2,3)23-16(21)20-9-7-13(8-10-20)5-6-14-11-19-15(22-4)12-18-14/h11-13H,7-10H2,1-4H3. The van der Waals surface area contributed by atoms with Gasteiger partial charge in [0.25, 0.3) is 0 Å². The van der Waals surface area contributed by atoms with Gasteiger partial charge in [0.15, 0.2) is 0 Å². The molecule has 1 saturated heterocycles. The van der Waals surface area contributed by atoms with E-state index < -0.39 is 5.60 Å². The maximum absolute atomic E-state index is 12.0. The molecule has 1 aromatic rings. The van der Waals surface area contributed by atoms with Gasteiger partial charge in [0.1, 0.15) is 11.3 Å². The molecule has 2 rings (SSSR count). The molecule has 0 aromatic carbocycles. The molecule has 0 saturated carbocycles. The zero-order valence-corrected chi connectivity index (χ0v) is 14.1. The predicted molar refractivity (Wildman–Crippen MR) is 86.0 cm³/mol. The Kier molecular flexibility index (Phi) is 5.43. The number of piperidine rings is 1. The SMILES string of the molecule is COc1cnc(C#CC2CCN(C(=O)OC(C)(C)C)CC2)cn1. The van der Waals surface area contributed by atoms with Crippen LogP contribution in [0.2, 0.25) is 0 Å². The van der Waals surface area contributed by atoms with Gasteiger partial charge in [0.2, 0.25) is 5.88 Å². The third-order valence-electron chi connectivity index (χ3n) is 3.39. The second kappa shape index (κ2) is 7.32. The van der Waals surface area contributed by atoms with Gasteiger partial charge in [-0.05, 0) is 39.5 Å². The molecule has 6 heteroatoms. The molecule has 1 fully saturated rings. The van der Waals surface area contributed by atoms with Crippen LogP contribution in [0.25, 0.3) is 0 Å². The van der Waals surface area contributed by atoms with Gasteiger partial charge in [0, 0.05) is 19.0 Å². The van der Waals surface area contributed by atoms with E-state index in [2.05, 4.69) is 21.8 Å². The number of hydrogen-bond acceptors (Lipinski definition) is 5. The van der Waals surface area contributed by atoms with Crippen LogP contribution < -0.4 is 4.74 Å². The molecule has 0 radical (unpaired) electrons. The molecule has 0 bridgehead atoms. The van der Waals surface area contributed by atoms with Crippen LogP contribution in [0.1, 0.15) is 39.3 Å². The molecule has 6 nitrogen and oxygen atoms in total. The van der Waals surface area contributed by atoms with Crippen LogP contribution in [0, 0.1) is 17.8 Å². The molecule has 0 N–H and O–H groups in total. The van der Waals surface area contributed by atoms with Gasteiger partial charge in [-0.15, -0.1) is 0 Å². The van der Waals surface area contributed by atoms with Gasteiger partial charge in [-0.3, -0.25) is 0 Å². The molecule has 0 atom stereocenters. The Balaban J connectivity index is 1.85. The highest BCUT2D eigenvalue weighted by Gasteiger charge is 2.26. The molecule has 23 heavy (non-hydrogen) atoms. The van der Waals surface area contributed by atoms with Gasteiger partial charge in [-0.1, -0.05) is 5.92 Å². The first-order valence-corrected chi connectivity index (χ1v) is 7.73. The lowest BCUT2D eigenvalue weighted by molar-refractivity contribution is 0.0199. The Morgan fingerprint density at radius 3 is 2.48 bits per heavy atom. The minimum Gasteiger partial charge on any atom is -0.480 e. The second-order valence-corrected chi connectivity index (χ2v) is 6.46. The zero-order chi connectivity index (χ0) is 16.9. The number of hydrogen-bond donors (Lipinski definition) is 0. The first kappa shape index (κ1) is 17.1. The normalized spacial score (nSPS) is 15.6. The Morgan fingerprint density at radius 1 is 1.26 bits per heavy atom. The fraction of sp³-hybridized carbons (Fsp3) is 0.588. The van der Waals surface area contributed by atoms with E-state index in [1.807, 2.05) is 20.8 Å². The number of ether oxygens (including phenoxy) is 2. The molecular formula is C17H23N3O3. The molecule has 0 spiro atoms. The summed E-state index contributed by atoms with van der Waals surface area (Å²) in [5, 5.41) is 0. The van der Waals surface area contributed by atoms with E-state index in [-0.39, 0.29) is 12.0 Å². The Morgan fingerprint density at radius 2 is 1.96 bits per heavy atom. The topological polar surface area (TPSA) is 64.5 Å². The third-order valence-corrected chi connectivity index (χ3v) is 3.39. The van der Waals surface area contributed by atoms with Gasteiger partial charge < -0.3 is 14.4 Å². The number of likely N-dealkylation sites (tertiary alicyclic amines) is 1. The van der Waals surface area contributed by atoms with Crippen LogP contribution in [0.15, 0.2) is 12.4 Å². The van der Waals surface area contributed by atoms with Crippen molar-refractivity contribution in [3.63, 3.8) is 0 Å². The van der Waals surface area contributed by atoms with Gasteiger partial charge in [-0.25, -0.2) is 14.8 Å². The van der Waals surface area contributed by atoms with E-state index in [1.165, 1.54) is 0 Å². The molecule has 1 amide bonds. The fourth-order valence-electron chi connectivity index (χ4n) is 2.20. The van der Waals surface area contributed by atoms with Crippen molar-refractivity contribution in [2.45, 2.75) is 39.2 Å². The molecule has 0 unspecified atom stereocenters. The number of rotatable bonds is 1. The van der Waals surface area contributed by atoms with Crippen LogP contribution in [0.3, 0.4) is 0 Å². The van der Waals surface area contributed by atoms with Gasteiger partial charge in [0.05, 0.1) is 19.5 Å². The summed E-state index contributed by atoms with van der Waals surface area (Å²) in [5.41, 5.74) is 0.168. The van der Waals surface area contributed by atoms with E-state index in [4.69, 9.17) is 9.47 Å². The lowest BCUT2D eigenvalue weighted by Gasteiger charge is -2.31. The smallest absolute Gasteiger partial charge is 0.410 e. The Labute approximate surface area is 137 Å². The van der Waals surface area contributed by atoms with Crippen molar-refractivity contribution in [3.8, 4) is 17.7 Å². The van der Waals surface area contributed by atoms with Crippen molar-refractivity contribution >= 4 is 6.09 Å². The van der Waals surface area contributed by atoms with E-state index in [0.29, 0.717) is 24.7 Å². The van der Waals surface area contributed by atoms with Gasteiger partial charge >= 0.3 is 6.09 Å². The lowest BCUT2D eigenvalue weighted by Crippen LogP contribution is -2.41. The van der Waals surface area contributed by atoms with Crippen LogP contribution in [0.4, 0.5) is 4.79 Å². The van der Waals surface area contributed by atoms with Crippen LogP contribution in [-0.2, 0) is 4.74 Å². The summed E-state index contributed by atoms with van der Waals surface area (Å²) in [6.07, 6.45) is 4.59. The highest BCUT2D eigenvalue weighted by atomic mass is 16.6. The summed E-state index contributed by atoms with van der Waals surface area (Å²) >= 11 is 0. The largest absolute Gasteiger partial charge is 0.480 e. The number of methoxy groups -OCH3 is 1. The van der Waals surface area contributed by atoms with E-state index in [0.717, 1.165) is 12.8 Å². The van der Waals surface area contributed by atoms with Crippen molar-refractivity contribution in [1.29, 1.82) is 0 Å². The summed E-state index contributed by atoms with van der Waals surface area (Å²) in [6.45, 7) is 6.96. The summed E-state index contributed by atoms with van der Waals surface area (Å²) in [7, 11) is 1.55. The number of amides is 1. The summed E-state index contributed by atoms with van der Waals surface area (Å²) in [6, 6.07) is 0.